The number of nitrogens with zero attached hydrogens (tertiary/aromatic N) is 1. The van der Waals surface area contributed by atoms with Crippen LogP contribution in [0.3, 0.4) is 0 Å². The third-order valence-electron chi connectivity index (χ3n) is 2.70. The molecule has 1 aromatic heterocycles. The van der Waals surface area contributed by atoms with Crippen molar-refractivity contribution in [2.75, 3.05) is 12.8 Å². The fourth-order valence-electron chi connectivity index (χ4n) is 1.80. The van der Waals surface area contributed by atoms with Crippen molar-refractivity contribution in [3.63, 3.8) is 0 Å². The highest BCUT2D eigenvalue weighted by Gasteiger charge is 2.21. The van der Waals surface area contributed by atoms with Crippen LogP contribution in [0.4, 0.5) is 10.1 Å². The van der Waals surface area contributed by atoms with Gasteiger partial charge in [0, 0.05) is 11.8 Å². The van der Waals surface area contributed by atoms with E-state index in [0.717, 1.165) is 18.2 Å². The minimum absolute atomic E-state index is 0.107. The summed E-state index contributed by atoms with van der Waals surface area (Å²) in [5, 5.41) is 0. The highest BCUT2D eigenvalue weighted by molar-refractivity contribution is 7.90. The Bertz CT molecular complexity index is 732. The minimum atomic E-state index is -3.71. The van der Waals surface area contributed by atoms with Crippen LogP contribution in [0, 0.1) is 5.82 Å². The molecule has 0 amide bonds. The number of benzene rings is 1. The molecule has 0 saturated heterocycles. The van der Waals surface area contributed by atoms with Crippen LogP contribution in [-0.4, -0.2) is 20.5 Å². The van der Waals surface area contributed by atoms with E-state index in [2.05, 4.69) is 4.98 Å². The average molecular weight is 296 g/mol. The summed E-state index contributed by atoms with van der Waals surface area (Å²) in [5.41, 5.74) is 5.86. The number of pyridine rings is 1. The molecular formula is C13H13FN2O3S. The minimum Gasteiger partial charge on any atom is -0.481 e. The fraction of sp³-hybridized carbons (Fsp3) is 0.154. The van der Waals surface area contributed by atoms with Crippen LogP contribution in [0.15, 0.2) is 41.4 Å². The average Bonchev–Trinajstić information content (AvgIpc) is 2.38. The molecular weight excluding hydrogens is 283 g/mol. The zero-order valence-electron chi connectivity index (χ0n) is 10.7. The number of hydrogen-bond donors (Lipinski definition) is 1. The number of aromatic nitrogens is 1. The van der Waals surface area contributed by atoms with Crippen molar-refractivity contribution in [3.8, 4) is 5.88 Å². The molecule has 0 bridgehead atoms. The molecule has 20 heavy (non-hydrogen) atoms. The number of halogens is 1. The lowest BCUT2D eigenvalue weighted by molar-refractivity contribution is 0.394. The van der Waals surface area contributed by atoms with Gasteiger partial charge in [0.1, 0.15) is 5.82 Å². The van der Waals surface area contributed by atoms with Gasteiger partial charge in [0.15, 0.2) is 9.84 Å². The van der Waals surface area contributed by atoms with E-state index in [1.807, 2.05) is 0 Å². The molecule has 2 aromatic rings. The number of sulfone groups is 1. The monoisotopic (exact) mass is 296 g/mol. The lowest BCUT2D eigenvalue weighted by Gasteiger charge is -2.09. The van der Waals surface area contributed by atoms with Crippen LogP contribution in [0.1, 0.15) is 5.56 Å². The second kappa shape index (κ2) is 5.46. The number of nitrogen functional groups attached to an aromatic ring is 1. The Morgan fingerprint density at radius 2 is 2.10 bits per heavy atom. The van der Waals surface area contributed by atoms with Crippen LogP contribution in [-0.2, 0) is 15.6 Å². The van der Waals surface area contributed by atoms with Crippen LogP contribution in [0.5, 0.6) is 5.88 Å². The van der Waals surface area contributed by atoms with E-state index in [0.29, 0.717) is 5.56 Å². The molecule has 0 saturated carbocycles. The van der Waals surface area contributed by atoms with Gasteiger partial charge in [-0.15, -0.1) is 0 Å². The van der Waals surface area contributed by atoms with Gasteiger partial charge in [-0.3, -0.25) is 0 Å². The van der Waals surface area contributed by atoms with Gasteiger partial charge in [-0.1, -0.05) is 6.07 Å². The van der Waals surface area contributed by atoms with Gasteiger partial charge in [-0.05, 0) is 24.3 Å². The largest absolute Gasteiger partial charge is 0.481 e. The molecule has 0 aliphatic heterocycles. The molecule has 0 unspecified atom stereocenters. The Kier molecular flexibility index (Phi) is 3.89. The van der Waals surface area contributed by atoms with Crippen molar-refractivity contribution < 1.29 is 17.5 Å². The third kappa shape index (κ3) is 2.88. The Labute approximate surface area is 116 Å². The zero-order valence-corrected chi connectivity index (χ0v) is 11.5. The number of methoxy groups -OCH3 is 1. The number of hydrogen-bond acceptors (Lipinski definition) is 5. The molecule has 0 radical (unpaired) electrons. The second-order valence-electron chi connectivity index (χ2n) is 4.11. The maximum atomic E-state index is 13.0. The molecule has 5 nitrogen and oxygen atoms in total. The summed E-state index contributed by atoms with van der Waals surface area (Å²) in [6.45, 7) is 0. The van der Waals surface area contributed by atoms with Crippen LogP contribution >= 0.6 is 0 Å². The van der Waals surface area contributed by atoms with Gasteiger partial charge < -0.3 is 10.5 Å². The molecule has 2 N–H and O–H groups in total. The van der Waals surface area contributed by atoms with Crippen molar-refractivity contribution in [2.24, 2.45) is 0 Å². The van der Waals surface area contributed by atoms with Crippen molar-refractivity contribution in [1.29, 1.82) is 0 Å². The van der Waals surface area contributed by atoms with Gasteiger partial charge in [-0.2, -0.15) is 0 Å². The Morgan fingerprint density at radius 3 is 2.75 bits per heavy atom. The van der Waals surface area contributed by atoms with Gasteiger partial charge in [0.25, 0.3) is 0 Å². The molecule has 0 fully saturated rings. The first-order valence-corrected chi connectivity index (χ1v) is 7.35. The van der Waals surface area contributed by atoms with E-state index in [9.17, 15) is 12.8 Å². The van der Waals surface area contributed by atoms with Gasteiger partial charge >= 0.3 is 0 Å². The van der Waals surface area contributed by atoms with E-state index in [4.69, 9.17) is 10.5 Å². The second-order valence-corrected chi connectivity index (χ2v) is 6.07. The van der Waals surface area contributed by atoms with Crippen molar-refractivity contribution in [2.45, 2.75) is 10.6 Å². The topological polar surface area (TPSA) is 82.3 Å². The lowest BCUT2D eigenvalue weighted by Crippen LogP contribution is -2.09. The van der Waals surface area contributed by atoms with E-state index >= 15 is 0 Å². The molecule has 1 aromatic carbocycles. The summed E-state index contributed by atoms with van der Waals surface area (Å²) in [5.74, 6) is -0.669. The summed E-state index contributed by atoms with van der Waals surface area (Å²) in [6, 6.07) is 6.41. The summed E-state index contributed by atoms with van der Waals surface area (Å²) < 4.78 is 42.6. The summed E-state index contributed by atoms with van der Waals surface area (Å²) in [4.78, 5) is 3.83. The first kappa shape index (κ1) is 14.3. The maximum Gasteiger partial charge on any atom is 0.217 e. The zero-order chi connectivity index (χ0) is 14.8. The summed E-state index contributed by atoms with van der Waals surface area (Å²) in [6.07, 6.45) is 1.50. The molecule has 1 heterocycles. The Balaban J connectivity index is 2.41. The highest BCUT2D eigenvalue weighted by Crippen LogP contribution is 2.25. The van der Waals surface area contributed by atoms with Crippen LogP contribution < -0.4 is 10.5 Å². The lowest BCUT2D eigenvalue weighted by atomic mass is 10.3. The van der Waals surface area contributed by atoms with E-state index in [1.54, 1.807) is 12.1 Å². The predicted octanol–water partition coefficient (Wildman–Crippen LogP) is 1.79. The van der Waals surface area contributed by atoms with E-state index in [-0.39, 0.29) is 22.2 Å². The summed E-state index contributed by atoms with van der Waals surface area (Å²) in [7, 11) is -2.30. The number of anilines is 1. The molecule has 106 valence electrons. The van der Waals surface area contributed by atoms with Gasteiger partial charge in [0.2, 0.25) is 5.88 Å². The normalized spacial score (nSPS) is 11.3. The van der Waals surface area contributed by atoms with Crippen LogP contribution in [0.2, 0.25) is 0 Å². The summed E-state index contributed by atoms with van der Waals surface area (Å²) >= 11 is 0. The number of ether oxygens (including phenoxy) is 1. The first-order valence-electron chi connectivity index (χ1n) is 5.69. The van der Waals surface area contributed by atoms with Gasteiger partial charge in [0.05, 0.1) is 23.4 Å². The Hall–Kier alpha value is -2.15. The fourth-order valence-corrected chi connectivity index (χ4v) is 3.28. The molecule has 2 rings (SSSR count). The smallest absolute Gasteiger partial charge is 0.217 e. The SMILES string of the molecule is COc1ncccc1CS(=O)(=O)c1ccc(F)cc1N. The Morgan fingerprint density at radius 1 is 1.35 bits per heavy atom. The number of rotatable bonds is 4. The standard InChI is InChI=1S/C13H13FN2O3S/c1-19-13-9(3-2-6-16-13)8-20(17,18)12-5-4-10(14)7-11(12)15/h2-7H,8,15H2,1H3. The van der Waals surface area contributed by atoms with Crippen molar-refractivity contribution in [3.05, 3.63) is 47.9 Å². The number of nitrogens with two attached hydrogens (primary N) is 1. The van der Waals surface area contributed by atoms with E-state index in [1.165, 1.54) is 13.3 Å². The molecule has 0 atom stereocenters. The molecule has 7 heteroatoms. The van der Waals surface area contributed by atoms with Crippen molar-refractivity contribution >= 4 is 15.5 Å². The quantitative estimate of drug-likeness (QED) is 0.687. The highest BCUT2D eigenvalue weighted by atomic mass is 32.2. The van der Waals surface area contributed by atoms with Crippen molar-refractivity contribution in [1.82, 2.24) is 4.98 Å². The predicted molar refractivity (Wildman–Crippen MR) is 72.5 cm³/mol. The molecule has 0 aliphatic rings. The first-order chi connectivity index (χ1) is 9.44. The maximum absolute atomic E-state index is 13.0. The van der Waals surface area contributed by atoms with Crippen LogP contribution in [0.25, 0.3) is 0 Å². The molecule has 0 aliphatic carbocycles. The third-order valence-corrected chi connectivity index (χ3v) is 4.43. The van der Waals surface area contributed by atoms with E-state index < -0.39 is 15.7 Å². The van der Waals surface area contributed by atoms with Gasteiger partial charge in [-0.25, -0.2) is 17.8 Å². The molecule has 0 spiro atoms.